The summed E-state index contributed by atoms with van der Waals surface area (Å²) in [4.78, 5) is 29.3. The van der Waals surface area contributed by atoms with Gasteiger partial charge in [-0.3, -0.25) is 14.5 Å². The van der Waals surface area contributed by atoms with E-state index in [0.717, 1.165) is 32.1 Å². The van der Waals surface area contributed by atoms with E-state index in [1.165, 1.54) is 4.90 Å². The summed E-state index contributed by atoms with van der Waals surface area (Å²) in [5.74, 6) is -0.272. The average Bonchev–Trinajstić information content (AvgIpc) is 2.47. The van der Waals surface area contributed by atoms with Crippen molar-refractivity contribution in [3.05, 3.63) is 24.4 Å². The molecule has 0 spiro atoms. The van der Waals surface area contributed by atoms with E-state index >= 15 is 0 Å². The third-order valence-electron chi connectivity index (χ3n) is 4.33. The van der Waals surface area contributed by atoms with Crippen molar-refractivity contribution in [2.75, 3.05) is 11.9 Å². The largest absolute Gasteiger partial charge is 0.481 e. The molecule has 1 N–H and O–H groups in total. The molecule has 0 aliphatic heterocycles. The Bertz CT molecular complexity index is 496. The molecule has 0 radical (unpaired) electrons. The molecule has 1 aliphatic carbocycles. The van der Waals surface area contributed by atoms with Gasteiger partial charge in [0.25, 0.3) is 0 Å². The quantitative estimate of drug-likeness (QED) is 0.905. The van der Waals surface area contributed by atoms with E-state index < -0.39 is 5.97 Å². The summed E-state index contributed by atoms with van der Waals surface area (Å²) in [7, 11) is 1.70. The van der Waals surface area contributed by atoms with Crippen LogP contribution in [0.3, 0.4) is 0 Å². The van der Waals surface area contributed by atoms with Crippen molar-refractivity contribution in [2.45, 2.75) is 44.9 Å². The van der Waals surface area contributed by atoms with Crippen LogP contribution in [0.4, 0.5) is 5.82 Å². The van der Waals surface area contributed by atoms with Crippen molar-refractivity contribution >= 4 is 17.7 Å². The number of hydrogen-bond acceptors (Lipinski definition) is 3. The van der Waals surface area contributed by atoms with E-state index in [4.69, 9.17) is 5.11 Å². The predicted octanol–water partition coefficient (Wildman–Crippen LogP) is 2.86. The van der Waals surface area contributed by atoms with Crippen LogP contribution in [-0.2, 0) is 9.59 Å². The molecule has 0 aromatic carbocycles. The van der Waals surface area contributed by atoms with E-state index in [9.17, 15) is 9.59 Å². The minimum absolute atomic E-state index is 0.0585. The molecule has 1 saturated carbocycles. The SMILES string of the molecule is CN(C(=O)CC1(CC(=O)O)CCCCC1)c1ccccn1. The highest BCUT2D eigenvalue weighted by molar-refractivity contribution is 5.92. The molecule has 1 amide bonds. The number of amides is 1. The van der Waals surface area contributed by atoms with Gasteiger partial charge < -0.3 is 5.11 Å². The lowest BCUT2D eigenvalue weighted by atomic mass is 9.69. The average molecular weight is 290 g/mol. The van der Waals surface area contributed by atoms with Crippen LogP contribution in [0.1, 0.15) is 44.9 Å². The number of nitrogens with zero attached hydrogens (tertiary/aromatic N) is 2. The first kappa shape index (κ1) is 15.5. The fourth-order valence-electron chi connectivity index (χ4n) is 3.16. The van der Waals surface area contributed by atoms with Crippen molar-refractivity contribution in [3.8, 4) is 0 Å². The molecule has 2 rings (SSSR count). The number of aromatic nitrogens is 1. The lowest BCUT2D eigenvalue weighted by Gasteiger charge is -2.36. The second-order valence-corrected chi connectivity index (χ2v) is 5.95. The number of hydrogen-bond donors (Lipinski definition) is 1. The highest BCUT2D eigenvalue weighted by atomic mass is 16.4. The third-order valence-corrected chi connectivity index (χ3v) is 4.33. The normalized spacial score (nSPS) is 17.2. The van der Waals surface area contributed by atoms with Crippen LogP contribution >= 0.6 is 0 Å². The Morgan fingerprint density at radius 1 is 1.24 bits per heavy atom. The summed E-state index contributed by atoms with van der Waals surface area (Å²) in [5, 5.41) is 9.16. The van der Waals surface area contributed by atoms with E-state index in [1.807, 2.05) is 6.07 Å². The Kier molecular flexibility index (Phi) is 4.94. The van der Waals surface area contributed by atoms with Crippen molar-refractivity contribution in [2.24, 2.45) is 5.41 Å². The first-order chi connectivity index (χ1) is 10.0. The molecular formula is C16H22N2O3. The Balaban J connectivity index is 2.09. The molecule has 1 heterocycles. The Morgan fingerprint density at radius 3 is 2.52 bits per heavy atom. The second-order valence-electron chi connectivity index (χ2n) is 5.95. The minimum Gasteiger partial charge on any atom is -0.481 e. The number of carboxylic acids is 1. The van der Waals surface area contributed by atoms with E-state index in [1.54, 1.807) is 25.4 Å². The van der Waals surface area contributed by atoms with Crippen LogP contribution in [0.5, 0.6) is 0 Å². The maximum Gasteiger partial charge on any atom is 0.303 e. The first-order valence-corrected chi connectivity index (χ1v) is 7.42. The molecule has 1 aromatic rings. The number of aliphatic carboxylic acids is 1. The molecule has 0 bridgehead atoms. The number of rotatable bonds is 5. The zero-order valence-electron chi connectivity index (χ0n) is 12.4. The fraction of sp³-hybridized carbons (Fsp3) is 0.562. The molecule has 1 fully saturated rings. The van der Waals surface area contributed by atoms with Gasteiger partial charge in [-0.25, -0.2) is 4.98 Å². The first-order valence-electron chi connectivity index (χ1n) is 7.42. The van der Waals surface area contributed by atoms with Crippen LogP contribution in [0.25, 0.3) is 0 Å². The zero-order valence-corrected chi connectivity index (χ0v) is 12.4. The Labute approximate surface area is 125 Å². The maximum atomic E-state index is 12.5. The summed E-state index contributed by atoms with van der Waals surface area (Å²) in [6.07, 6.45) is 6.80. The Morgan fingerprint density at radius 2 is 1.95 bits per heavy atom. The molecular weight excluding hydrogens is 268 g/mol. The molecule has 0 unspecified atom stereocenters. The van der Waals surface area contributed by atoms with Gasteiger partial charge in [-0.1, -0.05) is 25.3 Å². The van der Waals surface area contributed by atoms with Gasteiger partial charge in [-0.15, -0.1) is 0 Å². The highest BCUT2D eigenvalue weighted by Gasteiger charge is 2.37. The summed E-state index contributed by atoms with van der Waals surface area (Å²) in [6, 6.07) is 5.41. The van der Waals surface area contributed by atoms with Crippen LogP contribution in [0, 0.1) is 5.41 Å². The van der Waals surface area contributed by atoms with Gasteiger partial charge in [0, 0.05) is 19.7 Å². The topological polar surface area (TPSA) is 70.5 Å². The van der Waals surface area contributed by atoms with E-state index in [2.05, 4.69) is 4.98 Å². The van der Waals surface area contributed by atoms with Gasteiger partial charge >= 0.3 is 5.97 Å². The van der Waals surface area contributed by atoms with E-state index in [0.29, 0.717) is 5.82 Å². The minimum atomic E-state index is -0.815. The summed E-state index contributed by atoms with van der Waals surface area (Å²) in [5.41, 5.74) is -0.385. The summed E-state index contributed by atoms with van der Waals surface area (Å²) in [6.45, 7) is 0. The van der Waals surface area contributed by atoms with Gasteiger partial charge in [0.15, 0.2) is 0 Å². The molecule has 1 aromatic heterocycles. The smallest absolute Gasteiger partial charge is 0.303 e. The standard InChI is InChI=1S/C16H22N2O3/c1-18(13-7-3-6-10-17-13)14(19)11-16(12-15(20)21)8-4-2-5-9-16/h3,6-7,10H,2,4-5,8-9,11-12H2,1H3,(H,20,21). The predicted molar refractivity (Wildman–Crippen MR) is 80.0 cm³/mol. The number of anilines is 1. The Hall–Kier alpha value is -1.91. The monoisotopic (exact) mass is 290 g/mol. The highest BCUT2D eigenvalue weighted by Crippen LogP contribution is 2.42. The second kappa shape index (κ2) is 6.70. The van der Waals surface area contributed by atoms with Gasteiger partial charge in [-0.05, 0) is 30.4 Å². The molecule has 114 valence electrons. The lowest BCUT2D eigenvalue weighted by molar-refractivity contribution is -0.141. The number of pyridine rings is 1. The zero-order chi connectivity index (χ0) is 15.3. The van der Waals surface area contributed by atoms with Crippen molar-refractivity contribution in [1.29, 1.82) is 0 Å². The number of carbonyl (C=O) groups is 2. The molecule has 0 atom stereocenters. The van der Waals surface area contributed by atoms with Gasteiger partial charge in [-0.2, -0.15) is 0 Å². The van der Waals surface area contributed by atoms with Crippen LogP contribution in [0.2, 0.25) is 0 Å². The molecule has 1 aliphatic rings. The summed E-state index contributed by atoms with van der Waals surface area (Å²) >= 11 is 0. The van der Waals surface area contributed by atoms with Gasteiger partial charge in [0.05, 0.1) is 6.42 Å². The molecule has 5 heteroatoms. The van der Waals surface area contributed by atoms with Gasteiger partial charge in [0.1, 0.15) is 5.82 Å². The van der Waals surface area contributed by atoms with Crippen molar-refractivity contribution < 1.29 is 14.7 Å². The summed E-state index contributed by atoms with van der Waals surface area (Å²) < 4.78 is 0. The van der Waals surface area contributed by atoms with Crippen LogP contribution < -0.4 is 4.90 Å². The van der Waals surface area contributed by atoms with Crippen LogP contribution in [-0.4, -0.2) is 29.0 Å². The van der Waals surface area contributed by atoms with Crippen LogP contribution in [0.15, 0.2) is 24.4 Å². The maximum absolute atomic E-state index is 12.5. The van der Waals surface area contributed by atoms with Crippen molar-refractivity contribution in [3.63, 3.8) is 0 Å². The molecule has 0 saturated heterocycles. The van der Waals surface area contributed by atoms with Gasteiger partial charge in [0.2, 0.25) is 5.91 Å². The fourth-order valence-corrected chi connectivity index (χ4v) is 3.16. The van der Waals surface area contributed by atoms with E-state index in [-0.39, 0.29) is 24.2 Å². The molecule has 21 heavy (non-hydrogen) atoms. The third kappa shape index (κ3) is 4.03. The van der Waals surface area contributed by atoms with Crippen molar-refractivity contribution in [1.82, 2.24) is 4.98 Å². The molecule has 5 nitrogen and oxygen atoms in total. The lowest BCUT2D eigenvalue weighted by Crippen LogP contribution is -2.36. The number of carbonyl (C=O) groups excluding carboxylic acids is 1. The number of carboxylic acid groups (broad SMARTS) is 1.